The number of anilines is 1. The van der Waals surface area contributed by atoms with Gasteiger partial charge in [0.2, 0.25) is 11.8 Å². The topological polar surface area (TPSA) is 85.9 Å². The maximum absolute atomic E-state index is 12.5. The molecule has 3 aliphatic rings. The number of allylic oxidation sites excluding steroid dienone is 1. The van der Waals surface area contributed by atoms with E-state index >= 15 is 0 Å². The van der Waals surface area contributed by atoms with E-state index in [1.807, 2.05) is 25.3 Å². The van der Waals surface area contributed by atoms with E-state index in [1.165, 1.54) is 5.69 Å². The minimum absolute atomic E-state index is 0.0727. The van der Waals surface area contributed by atoms with Gasteiger partial charge in [-0.15, -0.1) is 0 Å². The first-order valence-electron chi connectivity index (χ1n) is 9.33. The lowest BCUT2D eigenvalue weighted by molar-refractivity contribution is -0.125. The summed E-state index contributed by atoms with van der Waals surface area (Å²) in [6.07, 6.45) is 2.28. The highest BCUT2D eigenvalue weighted by Gasteiger charge is 2.40. The van der Waals surface area contributed by atoms with Gasteiger partial charge >= 0.3 is 0 Å². The number of hydrogen-bond donors (Lipinski definition) is 3. The lowest BCUT2D eigenvalue weighted by atomic mass is 10.1. The second-order valence-corrected chi connectivity index (χ2v) is 7.13. The zero-order chi connectivity index (χ0) is 18.8. The van der Waals surface area contributed by atoms with Crippen LogP contribution in [-0.4, -0.2) is 55.2 Å². The van der Waals surface area contributed by atoms with Crippen molar-refractivity contribution in [3.05, 3.63) is 41.7 Å². The van der Waals surface area contributed by atoms with Gasteiger partial charge in [0, 0.05) is 43.6 Å². The van der Waals surface area contributed by atoms with E-state index in [4.69, 9.17) is 4.74 Å². The van der Waals surface area contributed by atoms with Gasteiger partial charge in [0.05, 0.1) is 13.2 Å². The number of ether oxygens (including phenoxy) is 1. The van der Waals surface area contributed by atoms with E-state index in [2.05, 4.69) is 33.1 Å². The lowest BCUT2D eigenvalue weighted by Crippen LogP contribution is -2.49. The van der Waals surface area contributed by atoms with E-state index in [0.717, 1.165) is 37.6 Å². The highest BCUT2D eigenvalue weighted by atomic mass is 16.5. The maximum atomic E-state index is 12.5. The zero-order valence-electron chi connectivity index (χ0n) is 15.4. The predicted molar refractivity (Wildman–Crippen MR) is 100 cm³/mol. The molecule has 2 amide bonds. The van der Waals surface area contributed by atoms with Crippen LogP contribution in [0.2, 0.25) is 0 Å². The Bertz CT molecular complexity index is 742. The molecule has 0 bridgehead atoms. The fraction of sp³-hybridized carbons (Fsp3) is 0.474. The highest BCUT2D eigenvalue weighted by molar-refractivity contribution is 5.88. The van der Waals surface area contributed by atoms with Crippen molar-refractivity contribution in [2.45, 2.75) is 32.0 Å². The Hall–Kier alpha value is -2.58. The Kier molecular flexibility index (Phi) is 5.00. The number of amides is 2. The minimum Gasteiger partial charge on any atom is -0.378 e. The molecule has 0 spiro atoms. The zero-order valence-corrected chi connectivity index (χ0v) is 15.4. The van der Waals surface area contributed by atoms with Gasteiger partial charge in [-0.2, -0.15) is 0 Å². The first-order valence-corrected chi connectivity index (χ1v) is 9.33. The van der Waals surface area contributed by atoms with Gasteiger partial charge in [0.1, 0.15) is 12.1 Å². The van der Waals surface area contributed by atoms with Crippen molar-refractivity contribution >= 4 is 17.5 Å². The number of carbonyl (C=O) groups excluding carboxylic acids is 2. The largest absolute Gasteiger partial charge is 0.378 e. The normalized spacial score (nSPS) is 24.9. The number of morpholine rings is 1. The van der Waals surface area contributed by atoms with Crippen molar-refractivity contribution < 1.29 is 14.3 Å². The summed E-state index contributed by atoms with van der Waals surface area (Å²) < 4.78 is 5.38. The first kappa shape index (κ1) is 17.8. The molecule has 144 valence electrons. The van der Waals surface area contributed by atoms with E-state index < -0.39 is 6.04 Å². The number of benzene rings is 1. The van der Waals surface area contributed by atoms with Crippen LogP contribution in [0.4, 0.5) is 5.69 Å². The fourth-order valence-corrected chi connectivity index (χ4v) is 3.66. The number of carbonyl (C=O) groups is 2. The van der Waals surface area contributed by atoms with E-state index in [-0.39, 0.29) is 17.9 Å². The number of fused-ring (bicyclic) bond motifs is 1. The molecular formula is C19H25N5O3. The summed E-state index contributed by atoms with van der Waals surface area (Å²) >= 11 is 0. The monoisotopic (exact) mass is 371 g/mol. The summed E-state index contributed by atoms with van der Waals surface area (Å²) in [4.78, 5) is 26.8. The van der Waals surface area contributed by atoms with Crippen LogP contribution in [0.1, 0.15) is 18.9 Å². The second-order valence-electron chi connectivity index (χ2n) is 7.13. The van der Waals surface area contributed by atoms with E-state index in [0.29, 0.717) is 13.0 Å². The Labute approximate surface area is 158 Å². The van der Waals surface area contributed by atoms with Crippen LogP contribution in [0, 0.1) is 0 Å². The van der Waals surface area contributed by atoms with Crippen LogP contribution < -0.4 is 21.0 Å². The molecule has 27 heavy (non-hydrogen) atoms. The number of nitrogens with one attached hydrogen (secondary N) is 3. The molecule has 8 heteroatoms. The number of nitrogens with zero attached hydrogens (tertiary/aromatic N) is 2. The highest BCUT2D eigenvalue weighted by Crippen LogP contribution is 2.20. The minimum atomic E-state index is -0.407. The van der Waals surface area contributed by atoms with Gasteiger partial charge in [0.15, 0.2) is 0 Å². The third-order valence-corrected chi connectivity index (χ3v) is 5.15. The molecule has 3 aliphatic heterocycles. The molecule has 0 aliphatic carbocycles. The van der Waals surface area contributed by atoms with Crippen molar-refractivity contribution in [2.75, 3.05) is 31.2 Å². The molecule has 2 atom stereocenters. The molecule has 1 aromatic carbocycles. The summed E-state index contributed by atoms with van der Waals surface area (Å²) in [6.45, 7) is 5.62. The SMILES string of the molecule is CC1=CN2NC(C(=O)NCc3ccc(N4CCOCC4)cc3)CC2C(=O)N1. The number of rotatable bonds is 4. The smallest absolute Gasteiger partial charge is 0.248 e. The molecule has 3 heterocycles. The van der Waals surface area contributed by atoms with E-state index in [9.17, 15) is 9.59 Å². The Balaban J connectivity index is 1.30. The van der Waals surface area contributed by atoms with Gasteiger partial charge in [-0.05, 0) is 24.6 Å². The van der Waals surface area contributed by atoms with Crippen LogP contribution in [-0.2, 0) is 20.9 Å². The quantitative estimate of drug-likeness (QED) is 0.695. The van der Waals surface area contributed by atoms with Crippen LogP contribution in [0.5, 0.6) is 0 Å². The van der Waals surface area contributed by atoms with Gasteiger partial charge in [-0.1, -0.05) is 12.1 Å². The Morgan fingerprint density at radius 2 is 2.00 bits per heavy atom. The maximum Gasteiger partial charge on any atom is 0.248 e. The standard InChI is InChI=1S/C19H25N5O3/c1-13-12-24-17(19(26)21-13)10-16(22-24)18(25)20-11-14-2-4-15(5-3-14)23-6-8-27-9-7-23/h2-5,12,16-17,22H,6-11H2,1H3,(H,20,25)(H,21,26). The Morgan fingerprint density at radius 3 is 2.74 bits per heavy atom. The summed E-state index contributed by atoms with van der Waals surface area (Å²) in [5.74, 6) is -0.169. The Morgan fingerprint density at radius 1 is 1.26 bits per heavy atom. The van der Waals surface area contributed by atoms with Crippen molar-refractivity contribution in [3.63, 3.8) is 0 Å². The van der Waals surface area contributed by atoms with Crippen molar-refractivity contribution in [2.24, 2.45) is 0 Å². The molecule has 4 rings (SSSR count). The van der Waals surface area contributed by atoms with Gasteiger partial charge in [-0.3, -0.25) is 9.59 Å². The fourth-order valence-electron chi connectivity index (χ4n) is 3.66. The summed E-state index contributed by atoms with van der Waals surface area (Å²) in [5, 5.41) is 7.49. The third-order valence-electron chi connectivity index (χ3n) is 5.15. The van der Waals surface area contributed by atoms with Gasteiger partial charge in [-0.25, -0.2) is 5.43 Å². The van der Waals surface area contributed by atoms with Crippen molar-refractivity contribution in [1.82, 2.24) is 21.1 Å². The number of hydrazine groups is 1. The molecule has 1 aromatic rings. The van der Waals surface area contributed by atoms with Crippen LogP contribution in [0.25, 0.3) is 0 Å². The van der Waals surface area contributed by atoms with Crippen LogP contribution in [0.3, 0.4) is 0 Å². The van der Waals surface area contributed by atoms with Crippen molar-refractivity contribution in [3.8, 4) is 0 Å². The van der Waals surface area contributed by atoms with Crippen LogP contribution >= 0.6 is 0 Å². The molecule has 2 saturated heterocycles. The molecular weight excluding hydrogens is 346 g/mol. The molecule has 8 nitrogen and oxygen atoms in total. The third kappa shape index (κ3) is 3.91. The lowest BCUT2D eigenvalue weighted by Gasteiger charge is -2.28. The van der Waals surface area contributed by atoms with E-state index in [1.54, 1.807) is 5.01 Å². The molecule has 3 N–H and O–H groups in total. The summed E-state index contributed by atoms with van der Waals surface area (Å²) in [6, 6.07) is 7.50. The molecule has 0 saturated carbocycles. The van der Waals surface area contributed by atoms with Gasteiger partial charge < -0.3 is 25.3 Å². The molecule has 2 unspecified atom stereocenters. The predicted octanol–water partition coefficient (Wildman–Crippen LogP) is 0.0780. The average molecular weight is 371 g/mol. The second kappa shape index (κ2) is 7.58. The van der Waals surface area contributed by atoms with Crippen LogP contribution in [0.15, 0.2) is 36.2 Å². The molecule has 0 radical (unpaired) electrons. The molecule has 0 aromatic heterocycles. The van der Waals surface area contributed by atoms with Crippen molar-refractivity contribution in [1.29, 1.82) is 0 Å². The summed E-state index contributed by atoms with van der Waals surface area (Å²) in [5.41, 5.74) is 6.10. The first-order chi connectivity index (χ1) is 13.1. The van der Waals surface area contributed by atoms with Gasteiger partial charge in [0.25, 0.3) is 0 Å². The number of hydrogen-bond acceptors (Lipinski definition) is 6. The summed E-state index contributed by atoms with van der Waals surface area (Å²) in [7, 11) is 0. The molecule has 2 fully saturated rings. The average Bonchev–Trinajstić information content (AvgIpc) is 3.12.